The zero-order valence-corrected chi connectivity index (χ0v) is 16.3. The number of nitrogens with one attached hydrogen (secondary N) is 2. The van der Waals surface area contributed by atoms with Gasteiger partial charge in [-0.05, 0) is 44.5 Å². The van der Waals surface area contributed by atoms with E-state index in [1.54, 1.807) is 0 Å². The molecule has 3 rings (SSSR count). The van der Waals surface area contributed by atoms with Gasteiger partial charge in [-0.3, -0.25) is 4.90 Å². The van der Waals surface area contributed by atoms with Gasteiger partial charge in [0.05, 0.1) is 0 Å². The van der Waals surface area contributed by atoms with E-state index in [1.807, 2.05) is 18.2 Å². The lowest BCUT2D eigenvalue weighted by Crippen LogP contribution is -2.43. The van der Waals surface area contributed by atoms with Crippen molar-refractivity contribution in [2.75, 3.05) is 25.0 Å². The summed E-state index contributed by atoms with van der Waals surface area (Å²) in [5.74, 6) is 0.699. The molecule has 6 nitrogen and oxygen atoms in total. The lowest BCUT2D eigenvalue weighted by Gasteiger charge is -2.33. The molecule has 0 radical (unpaired) electrons. The maximum Gasteiger partial charge on any atom is 0.319 e. The highest BCUT2D eigenvalue weighted by Gasteiger charge is 2.21. The van der Waals surface area contributed by atoms with Gasteiger partial charge in [0.25, 0.3) is 0 Å². The van der Waals surface area contributed by atoms with Crippen molar-refractivity contribution in [3.8, 4) is 0 Å². The quantitative estimate of drug-likeness (QED) is 0.862. The van der Waals surface area contributed by atoms with Crippen molar-refractivity contribution in [1.29, 1.82) is 0 Å². The van der Waals surface area contributed by atoms with E-state index in [2.05, 4.69) is 48.2 Å². The summed E-state index contributed by atoms with van der Waals surface area (Å²) in [5.41, 5.74) is 2.07. The standard InChI is InChI=1S/C20H30N4O2/c1-14-7-5-6-11-24(14)12-10-21-19(25)22-15-8-9-17-16(13-15)23-18(26-17)20(2,3)4/h8-9,13-14H,5-7,10-12H2,1-4H3,(H2,21,22,25)/t14-/m0/s1. The third kappa shape index (κ3) is 4.55. The molecule has 2 amide bonds. The van der Waals surface area contributed by atoms with Crippen LogP contribution >= 0.6 is 0 Å². The molecule has 0 unspecified atom stereocenters. The van der Waals surface area contributed by atoms with Gasteiger partial charge >= 0.3 is 6.03 Å². The molecular formula is C20H30N4O2. The second-order valence-electron chi connectivity index (χ2n) is 8.21. The maximum absolute atomic E-state index is 12.2. The number of hydrogen-bond donors (Lipinski definition) is 2. The minimum Gasteiger partial charge on any atom is -0.440 e. The fourth-order valence-electron chi connectivity index (χ4n) is 3.30. The molecule has 2 heterocycles. The van der Waals surface area contributed by atoms with Crippen molar-refractivity contribution >= 4 is 22.8 Å². The molecule has 26 heavy (non-hydrogen) atoms. The molecule has 142 valence electrons. The first-order chi connectivity index (χ1) is 12.3. The molecule has 1 fully saturated rings. The zero-order chi connectivity index (χ0) is 18.7. The van der Waals surface area contributed by atoms with Crippen molar-refractivity contribution in [3.05, 3.63) is 24.1 Å². The van der Waals surface area contributed by atoms with Crippen LogP contribution in [0.25, 0.3) is 11.1 Å². The van der Waals surface area contributed by atoms with E-state index >= 15 is 0 Å². The molecule has 1 aromatic heterocycles. The van der Waals surface area contributed by atoms with Gasteiger partial charge in [-0.1, -0.05) is 27.2 Å². The molecule has 1 saturated heterocycles. The third-order valence-electron chi connectivity index (χ3n) is 4.91. The number of hydrogen-bond acceptors (Lipinski definition) is 4. The predicted molar refractivity (Wildman–Crippen MR) is 105 cm³/mol. The fourth-order valence-corrected chi connectivity index (χ4v) is 3.30. The van der Waals surface area contributed by atoms with E-state index in [1.165, 1.54) is 19.3 Å². The van der Waals surface area contributed by atoms with E-state index in [9.17, 15) is 4.79 Å². The van der Waals surface area contributed by atoms with Crippen molar-refractivity contribution in [1.82, 2.24) is 15.2 Å². The summed E-state index contributed by atoms with van der Waals surface area (Å²) in [6.45, 7) is 11.1. The normalized spacial score (nSPS) is 18.8. The average Bonchev–Trinajstić information content (AvgIpc) is 3.00. The van der Waals surface area contributed by atoms with Crippen molar-refractivity contribution < 1.29 is 9.21 Å². The molecule has 2 aromatic rings. The molecule has 1 aromatic carbocycles. The molecule has 0 aliphatic carbocycles. The van der Waals surface area contributed by atoms with Gasteiger partial charge < -0.3 is 15.1 Å². The van der Waals surface area contributed by atoms with Crippen molar-refractivity contribution in [3.63, 3.8) is 0 Å². The Hall–Kier alpha value is -2.08. The lowest BCUT2D eigenvalue weighted by molar-refractivity contribution is 0.162. The predicted octanol–water partition coefficient (Wildman–Crippen LogP) is 4.12. The number of carbonyl (C=O) groups is 1. The van der Waals surface area contributed by atoms with E-state index in [-0.39, 0.29) is 11.4 Å². The van der Waals surface area contributed by atoms with Gasteiger partial charge in [-0.2, -0.15) is 0 Å². The second-order valence-corrected chi connectivity index (χ2v) is 8.21. The molecule has 6 heteroatoms. The van der Waals surface area contributed by atoms with Crippen LogP contribution in [0, 0.1) is 0 Å². The molecule has 2 N–H and O–H groups in total. The molecular weight excluding hydrogens is 328 g/mol. The molecule has 1 atom stereocenters. The van der Waals surface area contributed by atoms with Crippen LogP contribution in [0.5, 0.6) is 0 Å². The largest absolute Gasteiger partial charge is 0.440 e. The van der Waals surface area contributed by atoms with Crippen molar-refractivity contribution in [2.45, 2.75) is 58.4 Å². The van der Waals surface area contributed by atoms with Crippen LogP contribution in [0.2, 0.25) is 0 Å². The number of aromatic nitrogens is 1. The Bertz CT molecular complexity index is 763. The minimum atomic E-state index is -0.187. The Morgan fingerprint density at radius 2 is 2.15 bits per heavy atom. The monoisotopic (exact) mass is 358 g/mol. The highest BCUT2D eigenvalue weighted by molar-refractivity contribution is 5.91. The number of nitrogens with zero attached hydrogens (tertiary/aromatic N) is 2. The van der Waals surface area contributed by atoms with Gasteiger partial charge in [-0.15, -0.1) is 0 Å². The Balaban J connectivity index is 1.53. The molecule has 0 bridgehead atoms. The first kappa shape index (κ1) is 18.7. The highest BCUT2D eigenvalue weighted by atomic mass is 16.3. The Labute approximate surface area is 155 Å². The fraction of sp³-hybridized carbons (Fsp3) is 0.600. The Kier molecular flexibility index (Phi) is 5.51. The second kappa shape index (κ2) is 7.66. The SMILES string of the molecule is C[C@H]1CCCCN1CCNC(=O)Nc1ccc2oc(C(C)(C)C)nc2c1. The number of oxazole rings is 1. The van der Waals surface area contributed by atoms with Crippen LogP contribution < -0.4 is 10.6 Å². The average molecular weight is 358 g/mol. The summed E-state index contributed by atoms with van der Waals surface area (Å²) in [7, 11) is 0. The van der Waals surface area contributed by atoms with Crippen LogP contribution in [-0.2, 0) is 5.41 Å². The molecule has 0 saturated carbocycles. The Morgan fingerprint density at radius 1 is 1.35 bits per heavy atom. The van der Waals surface area contributed by atoms with E-state index < -0.39 is 0 Å². The smallest absolute Gasteiger partial charge is 0.319 e. The van der Waals surface area contributed by atoms with Gasteiger partial charge in [0.2, 0.25) is 5.89 Å². The van der Waals surface area contributed by atoms with Crippen LogP contribution in [-0.4, -0.2) is 41.6 Å². The number of carbonyl (C=O) groups excluding carboxylic acids is 1. The number of anilines is 1. The number of benzene rings is 1. The minimum absolute atomic E-state index is 0.143. The van der Waals surface area contributed by atoms with Crippen LogP contribution in [0.15, 0.2) is 22.6 Å². The topological polar surface area (TPSA) is 70.4 Å². The van der Waals surface area contributed by atoms with Crippen LogP contribution in [0.1, 0.15) is 52.8 Å². The lowest BCUT2D eigenvalue weighted by atomic mass is 9.97. The summed E-state index contributed by atoms with van der Waals surface area (Å²) in [6, 6.07) is 5.96. The number of likely N-dealkylation sites (tertiary alicyclic amines) is 1. The Morgan fingerprint density at radius 3 is 2.88 bits per heavy atom. The highest BCUT2D eigenvalue weighted by Crippen LogP contribution is 2.27. The number of fused-ring (bicyclic) bond motifs is 1. The molecule has 1 aliphatic rings. The first-order valence-electron chi connectivity index (χ1n) is 9.53. The van der Waals surface area contributed by atoms with E-state index in [0.717, 1.165) is 29.9 Å². The van der Waals surface area contributed by atoms with Gasteiger partial charge in [0.1, 0.15) is 5.52 Å². The summed E-state index contributed by atoms with van der Waals surface area (Å²) in [6.07, 6.45) is 3.82. The number of amides is 2. The van der Waals surface area contributed by atoms with Gasteiger partial charge in [0.15, 0.2) is 5.58 Å². The van der Waals surface area contributed by atoms with Gasteiger partial charge in [-0.25, -0.2) is 9.78 Å². The van der Waals surface area contributed by atoms with E-state index in [4.69, 9.17) is 4.42 Å². The summed E-state index contributed by atoms with van der Waals surface area (Å²) >= 11 is 0. The first-order valence-corrected chi connectivity index (χ1v) is 9.53. The zero-order valence-electron chi connectivity index (χ0n) is 16.3. The maximum atomic E-state index is 12.2. The summed E-state index contributed by atoms with van der Waals surface area (Å²) in [5, 5.41) is 5.82. The molecule has 0 spiro atoms. The van der Waals surface area contributed by atoms with Crippen molar-refractivity contribution in [2.24, 2.45) is 0 Å². The number of piperidine rings is 1. The number of rotatable bonds is 4. The third-order valence-corrected chi connectivity index (χ3v) is 4.91. The molecule has 1 aliphatic heterocycles. The van der Waals surface area contributed by atoms with E-state index in [0.29, 0.717) is 18.5 Å². The van der Waals surface area contributed by atoms with Gasteiger partial charge in [0, 0.05) is 30.2 Å². The van der Waals surface area contributed by atoms with Crippen LogP contribution in [0.4, 0.5) is 10.5 Å². The number of urea groups is 1. The van der Waals surface area contributed by atoms with Crippen LogP contribution in [0.3, 0.4) is 0 Å². The summed E-state index contributed by atoms with van der Waals surface area (Å²) in [4.78, 5) is 19.1. The summed E-state index contributed by atoms with van der Waals surface area (Å²) < 4.78 is 5.79.